The van der Waals surface area contributed by atoms with E-state index in [-0.39, 0.29) is 12.3 Å². The van der Waals surface area contributed by atoms with E-state index in [0.717, 1.165) is 6.07 Å². The van der Waals surface area contributed by atoms with Gasteiger partial charge in [0.2, 0.25) is 5.95 Å². The number of hydrogen-bond donors (Lipinski definition) is 0. The second-order valence-electron chi connectivity index (χ2n) is 2.13. The molecule has 0 fully saturated rings. The quantitative estimate of drug-likeness (QED) is 0.386. The Balaban J connectivity index is 2.72. The molecule has 1 heterocycles. The fraction of sp³-hybridized carbons (Fsp3) is 0.111. The summed E-state index contributed by atoms with van der Waals surface area (Å²) in [4.78, 5) is 14.3. The summed E-state index contributed by atoms with van der Waals surface area (Å²) in [5.74, 6) is 0.667. The van der Waals surface area contributed by atoms with Gasteiger partial charge in [0.15, 0.2) is 12.3 Å². The number of halogens is 1. The lowest BCUT2D eigenvalue weighted by molar-refractivity contribution is 0.0548. The Kier molecular flexibility index (Phi) is 2.98. The number of hydrogen-bond acceptors (Lipinski definition) is 3. The molecule has 13 heavy (non-hydrogen) atoms. The lowest BCUT2D eigenvalue weighted by Gasteiger charge is -1.98. The fourth-order valence-corrected chi connectivity index (χ4v) is 0.703. The molecule has 3 nitrogen and oxygen atoms in total. The maximum Gasteiger partial charge on any atom is 0.358 e. The molecule has 0 aliphatic carbocycles. The molecule has 1 aromatic rings. The Morgan fingerprint density at radius 1 is 1.69 bits per heavy atom. The minimum atomic E-state index is -0.727. The van der Waals surface area contributed by atoms with Crippen LogP contribution in [0.5, 0.6) is 0 Å². The fourth-order valence-electron chi connectivity index (χ4n) is 0.703. The Bertz CT molecular complexity index is 357. The number of rotatable bonds is 2. The predicted octanol–water partition coefficient (Wildman–Crippen LogP) is 1.01. The lowest BCUT2D eigenvalue weighted by atomic mass is 10.3. The highest BCUT2D eigenvalue weighted by Crippen LogP contribution is 1.99. The van der Waals surface area contributed by atoms with E-state index in [2.05, 4.69) is 15.6 Å². The molecule has 0 aliphatic rings. The molecule has 1 aromatic heterocycles. The van der Waals surface area contributed by atoms with Crippen molar-refractivity contribution in [1.29, 1.82) is 0 Å². The molecule has 0 radical (unpaired) electrons. The summed E-state index contributed by atoms with van der Waals surface area (Å²) < 4.78 is 17.0. The summed E-state index contributed by atoms with van der Waals surface area (Å²) in [5, 5.41) is 0. The normalized spacial score (nSPS) is 8.92. The van der Waals surface area contributed by atoms with Crippen molar-refractivity contribution < 1.29 is 13.9 Å². The summed E-state index contributed by atoms with van der Waals surface area (Å²) in [5.41, 5.74) is -0.0877. The summed E-state index contributed by atoms with van der Waals surface area (Å²) in [6, 6.07) is 3.86. The lowest BCUT2D eigenvalue weighted by Crippen LogP contribution is -2.08. The minimum Gasteiger partial charge on any atom is -0.448 e. The molecule has 0 atom stereocenters. The van der Waals surface area contributed by atoms with Crippen molar-refractivity contribution in [2.75, 3.05) is 6.61 Å². The van der Waals surface area contributed by atoms with Gasteiger partial charge < -0.3 is 4.74 Å². The summed E-state index contributed by atoms with van der Waals surface area (Å²) in [6.07, 6.45) is 4.86. The first-order chi connectivity index (χ1) is 6.24. The molecule has 0 saturated heterocycles. The van der Waals surface area contributed by atoms with Gasteiger partial charge in [-0.1, -0.05) is 12.0 Å². The minimum absolute atomic E-state index is 0.0877. The standard InChI is InChI=1S/C9H6FNO2/c1-2-6-13-9(12)7-4-3-5-8(10)11-7/h1,3-5H,6H2. The second kappa shape index (κ2) is 4.21. The molecular weight excluding hydrogens is 173 g/mol. The van der Waals surface area contributed by atoms with E-state index in [1.54, 1.807) is 0 Å². The Labute approximate surface area is 74.6 Å². The van der Waals surface area contributed by atoms with Gasteiger partial charge in [-0.2, -0.15) is 4.39 Å². The molecule has 0 N–H and O–H groups in total. The van der Waals surface area contributed by atoms with E-state index in [9.17, 15) is 9.18 Å². The van der Waals surface area contributed by atoms with Crippen LogP contribution in [-0.2, 0) is 4.74 Å². The number of carbonyl (C=O) groups excluding carboxylic acids is 1. The van der Waals surface area contributed by atoms with Crippen LogP contribution in [0.1, 0.15) is 10.5 Å². The van der Waals surface area contributed by atoms with Crippen LogP contribution < -0.4 is 0 Å². The van der Waals surface area contributed by atoms with Crippen LogP contribution in [0, 0.1) is 18.3 Å². The first-order valence-electron chi connectivity index (χ1n) is 3.47. The predicted molar refractivity (Wildman–Crippen MR) is 43.3 cm³/mol. The van der Waals surface area contributed by atoms with E-state index in [4.69, 9.17) is 6.42 Å². The number of aromatic nitrogens is 1. The molecule has 4 heteroatoms. The smallest absolute Gasteiger partial charge is 0.358 e. The Morgan fingerprint density at radius 3 is 3.08 bits per heavy atom. The average Bonchev–Trinajstić information content (AvgIpc) is 2.14. The van der Waals surface area contributed by atoms with Crippen molar-refractivity contribution >= 4 is 5.97 Å². The Hall–Kier alpha value is -1.89. The molecular formula is C9H6FNO2. The number of pyridine rings is 1. The monoisotopic (exact) mass is 179 g/mol. The van der Waals surface area contributed by atoms with E-state index in [1.165, 1.54) is 12.1 Å². The average molecular weight is 179 g/mol. The van der Waals surface area contributed by atoms with Crippen molar-refractivity contribution in [3.8, 4) is 12.3 Å². The van der Waals surface area contributed by atoms with Gasteiger partial charge in [0.05, 0.1) is 0 Å². The van der Waals surface area contributed by atoms with Gasteiger partial charge in [0, 0.05) is 0 Å². The van der Waals surface area contributed by atoms with Gasteiger partial charge in [-0.3, -0.25) is 0 Å². The highest BCUT2D eigenvalue weighted by atomic mass is 19.1. The third kappa shape index (κ3) is 2.56. The van der Waals surface area contributed by atoms with Crippen molar-refractivity contribution in [2.24, 2.45) is 0 Å². The highest BCUT2D eigenvalue weighted by Gasteiger charge is 2.08. The SMILES string of the molecule is C#CCOC(=O)c1cccc(F)n1. The summed E-state index contributed by atoms with van der Waals surface area (Å²) in [7, 11) is 0. The van der Waals surface area contributed by atoms with Gasteiger partial charge in [-0.05, 0) is 12.1 Å². The van der Waals surface area contributed by atoms with E-state index < -0.39 is 11.9 Å². The first-order valence-corrected chi connectivity index (χ1v) is 3.47. The van der Waals surface area contributed by atoms with Crippen LogP contribution in [0.4, 0.5) is 4.39 Å². The number of esters is 1. The zero-order valence-electron chi connectivity index (χ0n) is 6.66. The second-order valence-corrected chi connectivity index (χ2v) is 2.13. The molecule has 0 aliphatic heterocycles. The topological polar surface area (TPSA) is 39.2 Å². The molecule has 0 saturated carbocycles. The zero-order chi connectivity index (χ0) is 9.68. The third-order valence-corrected chi connectivity index (χ3v) is 1.21. The number of carbonyl (C=O) groups is 1. The molecule has 0 amide bonds. The van der Waals surface area contributed by atoms with Crippen LogP contribution in [0.2, 0.25) is 0 Å². The van der Waals surface area contributed by atoms with Crippen LogP contribution >= 0.6 is 0 Å². The summed E-state index contributed by atoms with van der Waals surface area (Å²) in [6.45, 7) is -0.142. The summed E-state index contributed by atoms with van der Waals surface area (Å²) >= 11 is 0. The van der Waals surface area contributed by atoms with Crippen molar-refractivity contribution in [2.45, 2.75) is 0 Å². The molecule has 66 valence electrons. The third-order valence-electron chi connectivity index (χ3n) is 1.21. The molecule has 0 unspecified atom stereocenters. The largest absolute Gasteiger partial charge is 0.448 e. The van der Waals surface area contributed by atoms with Gasteiger partial charge in [0.1, 0.15) is 0 Å². The molecule has 0 bridgehead atoms. The number of nitrogens with zero attached hydrogens (tertiary/aromatic N) is 1. The maximum atomic E-state index is 12.5. The molecule has 0 spiro atoms. The number of terminal acetylenes is 1. The van der Waals surface area contributed by atoms with Crippen molar-refractivity contribution in [3.05, 3.63) is 29.8 Å². The van der Waals surface area contributed by atoms with Crippen molar-refractivity contribution in [3.63, 3.8) is 0 Å². The van der Waals surface area contributed by atoms with Crippen LogP contribution in [0.25, 0.3) is 0 Å². The van der Waals surface area contributed by atoms with Crippen LogP contribution in [-0.4, -0.2) is 17.6 Å². The zero-order valence-corrected chi connectivity index (χ0v) is 6.66. The maximum absolute atomic E-state index is 12.5. The van der Waals surface area contributed by atoms with Gasteiger partial charge in [0.25, 0.3) is 0 Å². The first kappa shape index (κ1) is 9.20. The van der Waals surface area contributed by atoms with E-state index in [1.807, 2.05) is 0 Å². The van der Waals surface area contributed by atoms with Gasteiger partial charge >= 0.3 is 5.97 Å². The van der Waals surface area contributed by atoms with Gasteiger partial charge in [-0.25, -0.2) is 9.78 Å². The van der Waals surface area contributed by atoms with E-state index in [0.29, 0.717) is 0 Å². The number of ether oxygens (including phenoxy) is 1. The van der Waals surface area contributed by atoms with E-state index >= 15 is 0 Å². The Morgan fingerprint density at radius 2 is 2.46 bits per heavy atom. The molecule has 0 aromatic carbocycles. The van der Waals surface area contributed by atoms with Crippen LogP contribution in [0.3, 0.4) is 0 Å². The molecule has 1 rings (SSSR count). The highest BCUT2D eigenvalue weighted by molar-refractivity contribution is 5.87. The van der Waals surface area contributed by atoms with Crippen molar-refractivity contribution in [1.82, 2.24) is 4.98 Å². The van der Waals surface area contributed by atoms with Gasteiger partial charge in [-0.15, -0.1) is 6.42 Å². The van der Waals surface area contributed by atoms with Crippen LogP contribution in [0.15, 0.2) is 18.2 Å².